The molecule has 0 aliphatic heterocycles. The Bertz CT molecular complexity index is 681. The molecule has 0 saturated carbocycles. The lowest BCUT2D eigenvalue weighted by atomic mass is 10.1. The minimum absolute atomic E-state index is 0.0484. The van der Waals surface area contributed by atoms with Crippen LogP contribution in [0.2, 0.25) is 0 Å². The number of aryl methyl sites for hydroxylation is 1. The lowest BCUT2D eigenvalue weighted by molar-refractivity contribution is -0.385. The summed E-state index contributed by atoms with van der Waals surface area (Å²) in [6.07, 6.45) is 0. The molecule has 0 aliphatic carbocycles. The Morgan fingerprint density at radius 3 is 2.48 bits per heavy atom. The van der Waals surface area contributed by atoms with Crippen LogP contribution in [0.5, 0.6) is 5.75 Å². The van der Waals surface area contributed by atoms with Crippen LogP contribution in [-0.4, -0.2) is 10.8 Å². The summed E-state index contributed by atoms with van der Waals surface area (Å²) in [5.74, 6) is -0.675. The van der Waals surface area contributed by atoms with Crippen molar-refractivity contribution in [3.05, 3.63) is 69.3 Å². The van der Waals surface area contributed by atoms with Crippen LogP contribution >= 0.6 is 0 Å². The fraction of sp³-hybridized carbons (Fsp3) is 0.133. The Hall–Kier alpha value is -2.89. The average molecular weight is 285 g/mol. The van der Waals surface area contributed by atoms with Crippen molar-refractivity contribution in [3.8, 4) is 5.75 Å². The summed E-state index contributed by atoms with van der Waals surface area (Å²) in [6, 6.07) is 10.4. The number of nitro benzene ring substituents is 1. The molecule has 0 aliphatic rings. The third kappa shape index (κ3) is 3.56. The fourth-order valence-electron chi connectivity index (χ4n) is 1.80. The molecule has 6 heteroatoms. The quantitative estimate of drug-likeness (QED) is 0.685. The monoisotopic (exact) mass is 285 g/mol. The summed E-state index contributed by atoms with van der Waals surface area (Å²) in [7, 11) is 0. The minimum atomic E-state index is -0.579. The first kappa shape index (κ1) is 14.5. The standard InChI is InChI=1S/C15H14N2O4/c1-10-2-4-11(5-3-10)15(19)16-9-12-8-13(17(20)21)6-7-14(12)18/h2-8,18H,9H2,1H3,(H,16,19)/p-1. The van der Waals surface area contributed by atoms with Crippen LogP contribution in [0.1, 0.15) is 21.5 Å². The van der Waals surface area contributed by atoms with Gasteiger partial charge in [0.25, 0.3) is 11.6 Å². The van der Waals surface area contributed by atoms with Crippen LogP contribution in [0.3, 0.4) is 0 Å². The summed E-state index contributed by atoms with van der Waals surface area (Å²) in [6.45, 7) is 1.86. The number of nitro groups is 1. The summed E-state index contributed by atoms with van der Waals surface area (Å²) in [5, 5.41) is 24.9. The molecule has 0 spiro atoms. The SMILES string of the molecule is Cc1ccc(C(=O)NCc2cc([N+](=O)[O-])ccc2[O-])cc1. The van der Waals surface area contributed by atoms with Gasteiger partial charge in [-0.1, -0.05) is 23.8 Å². The molecule has 0 fully saturated rings. The molecule has 0 bridgehead atoms. The highest BCUT2D eigenvalue weighted by Crippen LogP contribution is 2.20. The molecule has 108 valence electrons. The molecule has 1 N–H and O–H groups in total. The number of nitrogens with zero attached hydrogens (tertiary/aromatic N) is 1. The zero-order valence-corrected chi connectivity index (χ0v) is 11.3. The second-order valence-corrected chi connectivity index (χ2v) is 4.60. The first-order chi connectivity index (χ1) is 9.97. The first-order valence-electron chi connectivity index (χ1n) is 6.26. The van der Waals surface area contributed by atoms with E-state index in [1.807, 2.05) is 6.92 Å². The topological polar surface area (TPSA) is 95.3 Å². The molecule has 6 nitrogen and oxygen atoms in total. The number of carbonyl (C=O) groups excluding carboxylic acids is 1. The van der Waals surface area contributed by atoms with Crippen LogP contribution in [0.15, 0.2) is 42.5 Å². The fourth-order valence-corrected chi connectivity index (χ4v) is 1.80. The van der Waals surface area contributed by atoms with Gasteiger partial charge in [-0.05, 0) is 24.6 Å². The third-order valence-corrected chi connectivity index (χ3v) is 3.01. The average Bonchev–Trinajstić information content (AvgIpc) is 2.46. The van der Waals surface area contributed by atoms with Crippen LogP contribution in [0.4, 0.5) is 5.69 Å². The van der Waals surface area contributed by atoms with Crippen LogP contribution in [0.25, 0.3) is 0 Å². The van der Waals surface area contributed by atoms with Gasteiger partial charge in [-0.2, -0.15) is 0 Å². The van der Waals surface area contributed by atoms with Gasteiger partial charge in [-0.25, -0.2) is 0 Å². The van der Waals surface area contributed by atoms with Crippen molar-refractivity contribution in [2.24, 2.45) is 0 Å². The molecule has 0 atom stereocenters. The molecular weight excluding hydrogens is 272 g/mol. The Morgan fingerprint density at radius 2 is 1.86 bits per heavy atom. The van der Waals surface area contributed by atoms with E-state index in [4.69, 9.17) is 0 Å². The molecule has 2 aromatic rings. The highest BCUT2D eigenvalue weighted by Gasteiger charge is 2.09. The lowest BCUT2D eigenvalue weighted by Crippen LogP contribution is -2.23. The smallest absolute Gasteiger partial charge is 0.269 e. The minimum Gasteiger partial charge on any atom is -0.872 e. The highest BCUT2D eigenvalue weighted by molar-refractivity contribution is 5.94. The van der Waals surface area contributed by atoms with Gasteiger partial charge in [-0.15, -0.1) is 5.75 Å². The highest BCUT2D eigenvalue weighted by atomic mass is 16.6. The van der Waals surface area contributed by atoms with Crippen molar-refractivity contribution in [1.82, 2.24) is 5.32 Å². The zero-order chi connectivity index (χ0) is 15.4. The largest absolute Gasteiger partial charge is 0.872 e. The van der Waals surface area contributed by atoms with Gasteiger partial charge in [0.2, 0.25) is 0 Å². The van der Waals surface area contributed by atoms with Gasteiger partial charge in [0, 0.05) is 24.2 Å². The molecule has 1 amide bonds. The number of carbonyl (C=O) groups is 1. The van der Waals surface area contributed by atoms with Gasteiger partial charge in [-0.3, -0.25) is 14.9 Å². The zero-order valence-electron chi connectivity index (χ0n) is 11.3. The molecule has 0 saturated heterocycles. The summed E-state index contributed by atoms with van der Waals surface area (Å²) in [5.41, 5.74) is 1.52. The normalized spacial score (nSPS) is 10.1. The molecule has 0 aromatic heterocycles. The van der Waals surface area contributed by atoms with Gasteiger partial charge in [0.05, 0.1) is 4.92 Å². The van der Waals surface area contributed by atoms with E-state index in [1.54, 1.807) is 24.3 Å². The number of rotatable bonds is 4. The first-order valence-corrected chi connectivity index (χ1v) is 6.26. The van der Waals surface area contributed by atoms with Crippen molar-refractivity contribution >= 4 is 11.6 Å². The van der Waals surface area contributed by atoms with E-state index in [-0.39, 0.29) is 29.5 Å². The van der Waals surface area contributed by atoms with E-state index >= 15 is 0 Å². The molecule has 0 unspecified atom stereocenters. The predicted octanol–water partition coefficient (Wildman–Crippen LogP) is 1.91. The predicted molar refractivity (Wildman–Crippen MR) is 74.9 cm³/mol. The van der Waals surface area contributed by atoms with E-state index in [0.29, 0.717) is 5.56 Å². The molecule has 0 radical (unpaired) electrons. The van der Waals surface area contributed by atoms with Crippen molar-refractivity contribution in [1.29, 1.82) is 0 Å². The van der Waals surface area contributed by atoms with Gasteiger partial charge in [0.15, 0.2) is 0 Å². The summed E-state index contributed by atoms with van der Waals surface area (Å²) >= 11 is 0. The number of nitrogens with one attached hydrogen (secondary N) is 1. The number of hydrogen-bond donors (Lipinski definition) is 1. The number of benzene rings is 2. The number of amides is 1. The van der Waals surface area contributed by atoms with Crippen LogP contribution < -0.4 is 10.4 Å². The maximum absolute atomic E-state index is 11.9. The third-order valence-electron chi connectivity index (χ3n) is 3.01. The Morgan fingerprint density at radius 1 is 1.19 bits per heavy atom. The number of hydrogen-bond acceptors (Lipinski definition) is 4. The molecule has 0 heterocycles. The second-order valence-electron chi connectivity index (χ2n) is 4.60. The van der Waals surface area contributed by atoms with Gasteiger partial charge in [0.1, 0.15) is 0 Å². The molecular formula is C15H13N2O4-. The van der Waals surface area contributed by atoms with E-state index < -0.39 is 4.92 Å². The number of non-ortho nitro benzene ring substituents is 1. The van der Waals surface area contributed by atoms with E-state index in [0.717, 1.165) is 17.7 Å². The molecule has 2 aromatic carbocycles. The van der Waals surface area contributed by atoms with Crippen molar-refractivity contribution in [2.75, 3.05) is 0 Å². The van der Waals surface area contributed by atoms with Gasteiger partial charge < -0.3 is 10.4 Å². The Labute approximate surface area is 121 Å². The summed E-state index contributed by atoms with van der Waals surface area (Å²) < 4.78 is 0. The molecule has 2 rings (SSSR count). The second kappa shape index (κ2) is 6.04. The van der Waals surface area contributed by atoms with Crippen molar-refractivity contribution in [3.63, 3.8) is 0 Å². The van der Waals surface area contributed by atoms with Crippen molar-refractivity contribution in [2.45, 2.75) is 13.5 Å². The summed E-state index contributed by atoms with van der Waals surface area (Å²) in [4.78, 5) is 22.0. The van der Waals surface area contributed by atoms with Gasteiger partial charge >= 0.3 is 0 Å². The Balaban J connectivity index is 2.09. The van der Waals surface area contributed by atoms with E-state index in [2.05, 4.69) is 5.32 Å². The van der Waals surface area contributed by atoms with Crippen LogP contribution in [0, 0.1) is 17.0 Å². The lowest BCUT2D eigenvalue weighted by Gasteiger charge is -2.13. The maximum Gasteiger partial charge on any atom is 0.269 e. The van der Waals surface area contributed by atoms with Crippen LogP contribution in [-0.2, 0) is 6.54 Å². The van der Waals surface area contributed by atoms with E-state index in [9.17, 15) is 20.0 Å². The van der Waals surface area contributed by atoms with Crippen molar-refractivity contribution < 1.29 is 14.8 Å². The Kier molecular flexibility index (Phi) is 4.18. The maximum atomic E-state index is 11.9. The van der Waals surface area contributed by atoms with E-state index in [1.165, 1.54) is 6.07 Å². The molecule has 21 heavy (non-hydrogen) atoms.